The first-order valence-electron chi connectivity index (χ1n) is 6.40. The van der Waals surface area contributed by atoms with E-state index >= 15 is 0 Å². The standard InChI is InChI=1S/C15H13NO3/c1-19-14(18)16-8-10-7-15(10)12(16)6-9-4-2-3-5-11(9)13(15)17/h2-6,10H,7-8H2,1H3/t10-,15+/m0/s1. The Balaban J connectivity index is 1.89. The highest BCUT2D eigenvalue weighted by molar-refractivity contribution is 6.11. The molecule has 1 aromatic rings. The van der Waals surface area contributed by atoms with Gasteiger partial charge in [0.1, 0.15) is 0 Å². The number of ether oxygens (including phenoxy) is 1. The molecule has 0 bridgehead atoms. The number of ketones is 1. The van der Waals surface area contributed by atoms with Gasteiger partial charge in [-0.15, -0.1) is 0 Å². The van der Waals surface area contributed by atoms with E-state index in [1.807, 2.05) is 30.3 Å². The summed E-state index contributed by atoms with van der Waals surface area (Å²) in [4.78, 5) is 26.1. The molecule has 2 atom stereocenters. The van der Waals surface area contributed by atoms with E-state index in [1.165, 1.54) is 7.11 Å². The van der Waals surface area contributed by atoms with Gasteiger partial charge in [-0.05, 0) is 24.0 Å². The highest BCUT2D eigenvalue weighted by Gasteiger charge is 2.70. The molecule has 4 rings (SSSR count). The first-order valence-corrected chi connectivity index (χ1v) is 6.40. The van der Waals surface area contributed by atoms with E-state index in [1.54, 1.807) is 4.90 Å². The fraction of sp³-hybridized carbons (Fsp3) is 0.333. The third-order valence-corrected chi connectivity index (χ3v) is 4.55. The first kappa shape index (κ1) is 10.8. The number of nitrogens with zero attached hydrogens (tertiary/aromatic N) is 1. The number of carbonyl (C=O) groups excluding carboxylic acids is 2. The summed E-state index contributed by atoms with van der Waals surface area (Å²) in [7, 11) is 1.37. The van der Waals surface area contributed by atoms with Crippen molar-refractivity contribution < 1.29 is 14.3 Å². The number of hydrogen-bond donors (Lipinski definition) is 0. The predicted molar refractivity (Wildman–Crippen MR) is 68.4 cm³/mol. The van der Waals surface area contributed by atoms with Crippen LogP contribution in [0.3, 0.4) is 0 Å². The zero-order valence-electron chi connectivity index (χ0n) is 10.6. The Bertz CT molecular complexity index is 649. The van der Waals surface area contributed by atoms with Crippen LogP contribution in [0.2, 0.25) is 0 Å². The number of rotatable bonds is 0. The highest BCUT2D eigenvalue weighted by Crippen LogP contribution is 2.67. The lowest BCUT2D eigenvalue weighted by Crippen LogP contribution is -2.33. The number of Topliss-reactive ketones (excluding diaryl/α,β-unsaturated/α-hetero) is 1. The minimum atomic E-state index is -0.442. The molecule has 1 aliphatic heterocycles. The molecule has 2 aliphatic carbocycles. The van der Waals surface area contributed by atoms with Crippen molar-refractivity contribution in [1.82, 2.24) is 4.90 Å². The number of methoxy groups -OCH3 is 1. The van der Waals surface area contributed by atoms with Crippen molar-refractivity contribution in [2.24, 2.45) is 11.3 Å². The van der Waals surface area contributed by atoms with Crippen LogP contribution in [0.5, 0.6) is 0 Å². The quantitative estimate of drug-likeness (QED) is 0.714. The molecule has 0 radical (unpaired) electrons. The molecule has 96 valence electrons. The molecule has 0 N–H and O–H groups in total. The maximum atomic E-state index is 12.7. The van der Waals surface area contributed by atoms with Gasteiger partial charge in [0.15, 0.2) is 5.78 Å². The lowest BCUT2D eigenvalue weighted by Gasteiger charge is -2.27. The van der Waals surface area contributed by atoms with Gasteiger partial charge >= 0.3 is 6.09 Å². The van der Waals surface area contributed by atoms with Gasteiger partial charge in [-0.3, -0.25) is 9.69 Å². The summed E-state index contributed by atoms with van der Waals surface area (Å²) in [5, 5.41) is 0. The summed E-state index contributed by atoms with van der Waals surface area (Å²) >= 11 is 0. The van der Waals surface area contributed by atoms with E-state index in [0.29, 0.717) is 6.54 Å². The summed E-state index contributed by atoms with van der Waals surface area (Å²) in [5.41, 5.74) is 2.06. The number of allylic oxidation sites excluding steroid dienone is 1. The molecule has 1 aromatic carbocycles. The fourth-order valence-electron chi connectivity index (χ4n) is 3.52. The van der Waals surface area contributed by atoms with Crippen molar-refractivity contribution in [2.75, 3.05) is 13.7 Å². The molecule has 1 heterocycles. The molecule has 0 unspecified atom stereocenters. The van der Waals surface area contributed by atoms with Crippen LogP contribution in [0.25, 0.3) is 6.08 Å². The van der Waals surface area contributed by atoms with Gasteiger partial charge in [0, 0.05) is 17.8 Å². The van der Waals surface area contributed by atoms with Crippen LogP contribution in [0.1, 0.15) is 22.3 Å². The zero-order chi connectivity index (χ0) is 13.2. The molecule has 1 saturated carbocycles. The number of amides is 1. The number of hydrogen-bond acceptors (Lipinski definition) is 3. The van der Waals surface area contributed by atoms with Gasteiger partial charge in [-0.25, -0.2) is 4.79 Å². The molecule has 4 heteroatoms. The monoisotopic (exact) mass is 255 g/mol. The SMILES string of the molecule is COC(=O)N1C[C@@H]2C[C@@]23C(=O)c2ccccc2C=C13. The second-order valence-corrected chi connectivity index (χ2v) is 5.40. The average molecular weight is 255 g/mol. The lowest BCUT2D eigenvalue weighted by atomic mass is 9.83. The van der Waals surface area contributed by atoms with Crippen molar-refractivity contribution in [2.45, 2.75) is 6.42 Å². The van der Waals surface area contributed by atoms with Gasteiger partial charge in [-0.1, -0.05) is 24.3 Å². The Labute approximate surface area is 110 Å². The molecule has 1 spiro atoms. The second-order valence-electron chi connectivity index (χ2n) is 5.40. The van der Waals surface area contributed by atoms with Crippen LogP contribution in [-0.4, -0.2) is 30.4 Å². The number of likely N-dealkylation sites (tertiary alicyclic amines) is 1. The predicted octanol–water partition coefficient (Wildman–Crippen LogP) is 2.31. The number of piperidine rings is 1. The van der Waals surface area contributed by atoms with Gasteiger partial charge in [-0.2, -0.15) is 0 Å². The normalized spacial score (nSPS) is 30.2. The summed E-state index contributed by atoms with van der Waals surface area (Å²) < 4.78 is 4.81. The average Bonchev–Trinajstić information content (AvgIpc) is 3.07. The topological polar surface area (TPSA) is 46.6 Å². The smallest absolute Gasteiger partial charge is 0.413 e. The Hall–Kier alpha value is -2.10. The molecule has 1 saturated heterocycles. The summed E-state index contributed by atoms with van der Waals surface area (Å²) in [6.07, 6.45) is 2.46. The molecular formula is C15H13NO3. The van der Waals surface area contributed by atoms with Crippen LogP contribution in [0.15, 0.2) is 30.0 Å². The van der Waals surface area contributed by atoms with E-state index in [-0.39, 0.29) is 17.8 Å². The summed E-state index contributed by atoms with van der Waals surface area (Å²) in [5.74, 6) is 0.427. The molecule has 19 heavy (non-hydrogen) atoms. The minimum absolute atomic E-state index is 0.164. The zero-order valence-corrected chi connectivity index (χ0v) is 10.6. The van der Waals surface area contributed by atoms with E-state index < -0.39 is 5.41 Å². The van der Waals surface area contributed by atoms with Gasteiger partial charge in [0.2, 0.25) is 0 Å². The van der Waals surface area contributed by atoms with Crippen molar-refractivity contribution >= 4 is 18.0 Å². The van der Waals surface area contributed by atoms with Crippen LogP contribution < -0.4 is 0 Å². The van der Waals surface area contributed by atoms with Gasteiger partial charge in [0.05, 0.1) is 12.5 Å². The Kier molecular flexibility index (Phi) is 1.85. The fourth-order valence-corrected chi connectivity index (χ4v) is 3.52. The maximum absolute atomic E-state index is 12.7. The van der Waals surface area contributed by atoms with Crippen molar-refractivity contribution in [3.63, 3.8) is 0 Å². The third kappa shape index (κ3) is 1.14. The van der Waals surface area contributed by atoms with Gasteiger partial charge < -0.3 is 4.74 Å². The lowest BCUT2D eigenvalue weighted by molar-refractivity contribution is 0.0910. The highest BCUT2D eigenvalue weighted by atomic mass is 16.5. The van der Waals surface area contributed by atoms with E-state index in [4.69, 9.17) is 4.74 Å². The molecule has 0 aromatic heterocycles. The van der Waals surface area contributed by atoms with Crippen LogP contribution in [0, 0.1) is 11.3 Å². The summed E-state index contributed by atoms with van der Waals surface area (Å²) in [6, 6.07) is 7.58. The Morgan fingerprint density at radius 2 is 2.21 bits per heavy atom. The molecular weight excluding hydrogens is 242 g/mol. The molecule has 2 fully saturated rings. The number of benzene rings is 1. The van der Waals surface area contributed by atoms with Crippen molar-refractivity contribution in [3.05, 3.63) is 41.1 Å². The Morgan fingerprint density at radius 3 is 3.00 bits per heavy atom. The van der Waals surface area contributed by atoms with Crippen LogP contribution in [0.4, 0.5) is 4.79 Å². The van der Waals surface area contributed by atoms with Crippen molar-refractivity contribution in [3.8, 4) is 0 Å². The third-order valence-electron chi connectivity index (χ3n) is 4.55. The first-order chi connectivity index (χ1) is 9.18. The maximum Gasteiger partial charge on any atom is 0.413 e. The molecule has 1 amide bonds. The van der Waals surface area contributed by atoms with Crippen LogP contribution in [-0.2, 0) is 4.74 Å². The molecule has 3 aliphatic rings. The Morgan fingerprint density at radius 1 is 1.42 bits per heavy atom. The minimum Gasteiger partial charge on any atom is -0.452 e. The van der Waals surface area contributed by atoms with Crippen molar-refractivity contribution in [1.29, 1.82) is 0 Å². The largest absolute Gasteiger partial charge is 0.452 e. The van der Waals surface area contributed by atoms with E-state index in [2.05, 4.69) is 0 Å². The van der Waals surface area contributed by atoms with Crippen LogP contribution >= 0.6 is 0 Å². The molecule has 4 nitrogen and oxygen atoms in total. The summed E-state index contributed by atoms with van der Waals surface area (Å²) in [6.45, 7) is 0.595. The van der Waals surface area contributed by atoms with E-state index in [9.17, 15) is 9.59 Å². The second kappa shape index (κ2) is 3.26. The number of fused-ring (bicyclic) bond motifs is 1. The van der Waals surface area contributed by atoms with E-state index in [0.717, 1.165) is 23.2 Å². The van der Waals surface area contributed by atoms with Gasteiger partial charge in [0.25, 0.3) is 0 Å². The number of carbonyl (C=O) groups is 2.